The van der Waals surface area contributed by atoms with Gasteiger partial charge in [-0.3, -0.25) is 4.79 Å². The van der Waals surface area contributed by atoms with Crippen LogP contribution in [0.15, 0.2) is 42.5 Å². The Balaban J connectivity index is 1.34. The second-order valence-corrected chi connectivity index (χ2v) is 6.92. The molecule has 4 nitrogen and oxygen atoms in total. The van der Waals surface area contributed by atoms with E-state index in [2.05, 4.69) is 43.3 Å². The van der Waals surface area contributed by atoms with Gasteiger partial charge >= 0.3 is 0 Å². The molecule has 2 aliphatic heterocycles. The van der Waals surface area contributed by atoms with Crippen LogP contribution in [0.4, 0.5) is 0 Å². The Kier molecular flexibility index (Phi) is 4.35. The van der Waals surface area contributed by atoms with Crippen molar-refractivity contribution >= 4 is 5.91 Å². The van der Waals surface area contributed by atoms with Crippen LogP contribution in [0, 0.1) is 6.92 Å². The van der Waals surface area contributed by atoms with Crippen molar-refractivity contribution < 1.29 is 14.3 Å². The summed E-state index contributed by atoms with van der Waals surface area (Å²) in [6, 6.07) is 14.6. The highest BCUT2D eigenvalue weighted by atomic mass is 16.7. The molecule has 2 heterocycles. The zero-order valence-electron chi connectivity index (χ0n) is 14.5. The maximum absolute atomic E-state index is 12.5. The molecule has 0 spiro atoms. The average Bonchev–Trinajstić information content (AvgIpc) is 3.29. The van der Waals surface area contributed by atoms with Gasteiger partial charge in [-0.2, -0.15) is 0 Å². The lowest BCUT2D eigenvalue weighted by Crippen LogP contribution is -2.28. The van der Waals surface area contributed by atoms with Gasteiger partial charge in [0.1, 0.15) is 0 Å². The molecule has 1 unspecified atom stereocenters. The van der Waals surface area contributed by atoms with Crippen molar-refractivity contribution in [2.24, 2.45) is 0 Å². The van der Waals surface area contributed by atoms with Crippen LogP contribution in [0.3, 0.4) is 0 Å². The molecule has 0 aromatic heterocycles. The normalized spacial score (nSPS) is 18.6. The van der Waals surface area contributed by atoms with Crippen LogP contribution in [-0.4, -0.2) is 30.7 Å². The van der Waals surface area contributed by atoms with Crippen LogP contribution in [0.5, 0.6) is 11.5 Å². The standard InChI is InChI=1S/C21H23NO3/c1-15-2-4-16(5-3-15)6-9-21(23)22-11-10-18(13-22)17-7-8-19-20(12-17)25-14-24-19/h2-5,7-8,12,18H,6,9-11,13-14H2,1H3. The molecule has 4 rings (SSSR count). The number of hydrogen-bond donors (Lipinski definition) is 0. The first kappa shape index (κ1) is 16.0. The summed E-state index contributed by atoms with van der Waals surface area (Å²) in [6.07, 6.45) is 2.40. The first-order chi connectivity index (χ1) is 12.2. The van der Waals surface area contributed by atoms with Gasteiger partial charge in [0.05, 0.1) is 0 Å². The van der Waals surface area contributed by atoms with Crippen LogP contribution in [-0.2, 0) is 11.2 Å². The molecule has 1 atom stereocenters. The lowest BCUT2D eigenvalue weighted by molar-refractivity contribution is -0.130. The number of fused-ring (bicyclic) bond motifs is 1. The van der Waals surface area contributed by atoms with E-state index in [9.17, 15) is 4.79 Å². The van der Waals surface area contributed by atoms with Gasteiger partial charge in [0.2, 0.25) is 12.7 Å². The zero-order valence-corrected chi connectivity index (χ0v) is 14.5. The largest absolute Gasteiger partial charge is 0.454 e. The molecule has 1 fully saturated rings. The zero-order chi connectivity index (χ0) is 17.2. The van der Waals surface area contributed by atoms with Gasteiger partial charge in [-0.05, 0) is 43.0 Å². The number of nitrogens with zero attached hydrogens (tertiary/aromatic N) is 1. The fraction of sp³-hybridized carbons (Fsp3) is 0.381. The fourth-order valence-corrected chi connectivity index (χ4v) is 3.59. The number of carbonyl (C=O) groups is 1. The average molecular weight is 337 g/mol. The third-order valence-electron chi connectivity index (χ3n) is 5.16. The van der Waals surface area contributed by atoms with Gasteiger partial charge in [0.15, 0.2) is 11.5 Å². The number of aryl methyl sites for hydroxylation is 2. The Morgan fingerprint density at radius 3 is 2.76 bits per heavy atom. The quantitative estimate of drug-likeness (QED) is 0.854. The van der Waals surface area contributed by atoms with Crippen LogP contribution >= 0.6 is 0 Å². The summed E-state index contributed by atoms with van der Waals surface area (Å²) in [5, 5.41) is 0. The van der Waals surface area contributed by atoms with Gasteiger partial charge in [0.25, 0.3) is 0 Å². The summed E-state index contributed by atoms with van der Waals surface area (Å²) >= 11 is 0. The third-order valence-corrected chi connectivity index (χ3v) is 5.16. The number of hydrogen-bond acceptors (Lipinski definition) is 3. The lowest BCUT2D eigenvalue weighted by atomic mass is 9.98. The predicted octanol–water partition coefficient (Wildman–Crippen LogP) is 3.67. The van der Waals surface area contributed by atoms with E-state index in [1.807, 2.05) is 11.0 Å². The van der Waals surface area contributed by atoms with Gasteiger partial charge in [0, 0.05) is 25.4 Å². The Bertz CT molecular complexity index is 769. The van der Waals surface area contributed by atoms with E-state index in [4.69, 9.17) is 9.47 Å². The van der Waals surface area contributed by atoms with Crippen molar-refractivity contribution in [1.82, 2.24) is 4.90 Å². The molecule has 2 aromatic rings. The van der Waals surface area contributed by atoms with E-state index < -0.39 is 0 Å². The minimum atomic E-state index is 0.254. The lowest BCUT2D eigenvalue weighted by Gasteiger charge is -2.17. The summed E-state index contributed by atoms with van der Waals surface area (Å²) in [4.78, 5) is 14.5. The molecular formula is C21H23NO3. The summed E-state index contributed by atoms with van der Waals surface area (Å²) in [5.74, 6) is 2.27. The first-order valence-corrected chi connectivity index (χ1v) is 8.92. The molecule has 0 N–H and O–H groups in total. The molecule has 0 saturated carbocycles. The van der Waals surface area contributed by atoms with Crippen LogP contribution in [0.1, 0.15) is 35.4 Å². The van der Waals surface area contributed by atoms with Crippen LogP contribution in [0.25, 0.3) is 0 Å². The summed E-state index contributed by atoms with van der Waals surface area (Å²) < 4.78 is 10.8. The van der Waals surface area contributed by atoms with E-state index in [1.165, 1.54) is 16.7 Å². The minimum absolute atomic E-state index is 0.254. The van der Waals surface area contributed by atoms with E-state index in [0.717, 1.165) is 37.4 Å². The molecule has 0 bridgehead atoms. The minimum Gasteiger partial charge on any atom is -0.454 e. The smallest absolute Gasteiger partial charge is 0.231 e. The monoisotopic (exact) mass is 337 g/mol. The molecule has 4 heteroatoms. The second-order valence-electron chi connectivity index (χ2n) is 6.92. The number of carbonyl (C=O) groups excluding carboxylic acids is 1. The van der Waals surface area contributed by atoms with Crippen LogP contribution in [0.2, 0.25) is 0 Å². The van der Waals surface area contributed by atoms with Gasteiger partial charge in [-0.1, -0.05) is 35.9 Å². The topological polar surface area (TPSA) is 38.8 Å². The summed E-state index contributed by atoms with van der Waals surface area (Å²) in [7, 11) is 0. The maximum atomic E-state index is 12.5. The van der Waals surface area contributed by atoms with Gasteiger partial charge in [-0.25, -0.2) is 0 Å². The van der Waals surface area contributed by atoms with Crippen molar-refractivity contribution in [1.29, 1.82) is 0 Å². The highest BCUT2D eigenvalue weighted by molar-refractivity contribution is 5.77. The maximum Gasteiger partial charge on any atom is 0.231 e. The molecule has 1 amide bonds. The fourth-order valence-electron chi connectivity index (χ4n) is 3.59. The Morgan fingerprint density at radius 1 is 1.12 bits per heavy atom. The number of amides is 1. The molecular weight excluding hydrogens is 314 g/mol. The molecule has 2 aromatic carbocycles. The van der Waals surface area contributed by atoms with Crippen molar-refractivity contribution in [2.45, 2.75) is 32.1 Å². The molecule has 2 aliphatic rings. The Hall–Kier alpha value is -2.49. The molecule has 0 radical (unpaired) electrons. The molecule has 1 saturated heterocycles. The van der Waals surface area contributed by atoms with Crippen LogP contribution < -0.4 is 9.47 Å². The van der Waals surface area contributed by atoms with Crippen molar-refractivity contribution in [3.8, 4) is 11.5 Å². The van der Waals surface area contributed by atoms with Gasteiger partial charge in [-0.15, -0.1) is 0 Å². The number of ether oxygens (including phenoxy) is 2. The van der Waals surface area contributed by atoms with E-state index in [-0.39, 0.29) is 5.91 Å². The third kappa shape index (κ3) is 3.48. The number of likely N-dealkylation sites (tertiary alicyclic amines) is 1. The molecule has 0 aliphatic carbocycles. The number of benzene rings is 2. The summed E-state index contributed by atoms with van der Waals surface area (Å²) in [5.41, 5.74) is 3.71. The predicted molar refractivity (Wildman–Crippen MR) is 96.0 cm³/mol. The summed E-state index contributed by atoms with van der Waals surface area (Å²) in [6.45, 7) is 4.01. The van der Waals surface area contributed by atoms with Crippen molar-refractivity contribution in [3.05, 3.63) is 59.2 Å². The van der Waals surface area contributed by atoms with Crippen molar-refractivity contribution in [2.75, 3.05) is 19.9 Å². The van der Waals surface area contributed by atoms with Gasteiger partial charge < -0.3 is 14.4 Å². The SMILES string of the molecule is Cc1ccc(CCC(=O)N2CCC(c3ccc4c(c3)OCO4)C2)cc1. The Morgan fingerprint density at radius 2 is 1.92 bits per heavy atom. The second kappa shape index (κ2) is 6.79. The van der Waals surface area contributed by atoms with E-state index in [0.29, 0.717) is 19.1 Å². The molecule has 25 heavy (non-hydrogen) atoms. The Labute approximate surface area is 148 Å². The van der Waals surface area contributed by atoms with Crippen molar-refractivity contribution in [3.63, 3.8) is 0 Å². The number of rotatable bonds is 4. The highest BCUT2D eigenvalue weighted by Gasteiger charge is 2.28. The van der Waals surface area contributed by atoms with E-state index in [1.54, 1.807) is 0 Å². The highest BCUT2D eigenvalue weighted by Crippen LogP contribution is 2.37. The first-order valence-electron chi connectivity index (χ1n) is 8.92. The molecule has 130 valence electrons. The van der Waals surface area contributed by atoms with E-state index >= 15 is 0 Å².